The van der Waals surface area contributed by atoms with Crippen LogP contribution in [0.5, 0.6) is 0 Å². The van der Waals surface area contributed by atoms with Crippen LogP contribution in [-0.2, 0) is 14.8 Å². The summed E-state index contributed by atoms with van der Waals surface area (Å²) in [6, 6.07) is 0. The predicted molar refractivity (Wildman–Crippen MR) is 57.3 cm³/mol. The molecule has 1 saturated heterocycles. The number of nitrogens with two attached hydrogens (primary N) is 1. The molecule has 1 fully saturated rings. The van der Waals surface area contributed by atoms with Crippen LogP contribution < -0.4 is 5.73 Å². The Morgan fingerprint density at radius 3 is 2.53 bits per heavy atom. The summed E-state index contributed by atoms with van der Waals surface area (Å²) in [5.74, 6) is -0.145. The fraction of sp³-hybridized carbons (Fsp3) is 0.875. The van der Waals surface area contributed by atoms with Gasteiger partial charge >= 0.3 is 0 Å². The third-order valence-corrected chi connectivity index (χ3v) is 4.73. The van der Waals surface area contributed by atoms with Crippen LogP contribution in [0.4, 0.5) is 0 Å². The summed E-state index contributed by atoms with van der Waals surface area (Å²) in [5, 5.41) is 6.67. The summed E-state index contributed by atoms with van der Waals surface area (Å²) in [5.41, 5.74) is 5.17. The lowest BCUT2D eigenvalue weighted by Gasteiger charge is -2.26. The zero-order chi connectivity index (χ0) is 11.5. The summed E-state index contributed by atoms with van der Waals surface area (Å²) >= 11 is 0. The van der Waals surface area contributed by atoms with E-state index >= 15 is 0 Å². The molecule has 0 unspecified atom stereocenters. The minimum atomic E-state index is -3.32. The van der Waals surface area contributed by atoms with E-state index in [9.17, 15) is 8.42 Å². The Balaban J connectivity index is 2.67. The second-order valence-corrected chi connectivity index (χ2v) is 5.96. The van der Waals surface area contributed by atoms with Crippen LogP contribution in [0.3, 0.4) is 0 Å². The van der Waals surface area contributed by atoms with Crippen LogP contribution in [0.25, 0.3) is 0 Å². The summed E-state index contributed by atoms with van der Waals surface area (Å²) in [6.45, 7) is 0.926. The second-order valence-electron chi connectivity index (χ2n) is 3.64. The first-order chi connectivity index (χ1) is 6.94. The fourth-order valence-corrected chi connectivity index (χ4v) is 3.17. The van der Waals surface area contributed by atoms with Crippen molar-refractivity contribution in [2.75, 3.05) is 26.8 Å². The number of hydrogen-bond donors (Lipinski definition) is 2. The predicted octanol–water partition coefficient (Wildman–Crippen LogP) is -0.637. The molecule has 1 rings (SSSR count). The van der Waals surface area contributed by atoms with Gasteiger partial charge in [-0.3, -0.25) is 5.41 Å². The molecule has 0 aromatic carbocycles. The van der Waals surface area contributed by atoms with E-state index in [1.54, 1.807) is 0 Å². The van der Waals surface area contributed by atoms with Gasteiger partial charge in [0, 0.05) is 20.3 Å². The first kappa shape index (κ1) is 12.4. The minimum absolute atomic E-state index is 0.0420. The van der Waals surface area contributed by atoms with E-state index in [-0.39, 0.29) is 12.4 Å². The van der Waals surface area contributed by atoms with E-state index < -0.39 is 15.3 Å². The molecule has 88 valence electrons. The van der Waals surface area contributed by atoms with Crippen molar-refractivity contribution in [1.29, 1.82) is 5.41 Å². The van der Waals surface area contributed by atoms with Crippen molar-refractivity contribution < 1.29 is 13.2 Å². The Kier molecular flexibility index (Phi) is 4.06. The number of rotatable bonds is 4. The maximum Gasteiger partial charge on any atom is 0.217 e. The largest absolute Gasteiger partial charge is 0.387 e. The SMILES string of the molecule is CN(CC(=N)N)S(=O)(=O)C1CCOCC1. The van der Waals surface area contributed by atoms with Crippen LogP contribution in [-0.4, -0.2) is 50.6 Å². The molecule has 3 N–H and O–H groups in total. The van der Waals surface area contributed by atoms with Gasteiger partial charge in [0.1, 0.15) is 5.84 Å². The van der Waals surface area contributed by atoms with Gasteiger partial charge in [0.2, 0.25) is 10.0 Å². The van der Waals surface area contributed by atoms with Gasteiger partial charge in [0.25, 0.3) is 0 Å². The van der Waals surface area contributed by atoms with Crippen LogP contribution in [0, 0.1) is 5.41 Å². The minimum Gasteiger partial charge on any atom is -0.387 e. The maximum atomic E-state index is 11.9. The number of sulfonamides is 1. The molecule has 1 aliphatic rings. The highest BCUT2D eigenvalue weighted by Crippen LogP contribution is 2.18. The van der Waals surface area contributed by atoms with Crippen molar-refractivity contribution in [2.24, 2.45) is 5.73 Å². The summed E-state index contributed by atoms with van der Waals surface area (Å²) in [7, 11) is -1.87. The number of likely N-dealkylation sites (N-methyl/N-ethyl adjacent to an activating group) is 1. The van der Waals surface area contributed by atoms with Crippen molar-refractivity contribution in [3.05, 3.63) is 0 Å². The quantitative estimate of drug-likeness (QED) is 0.500. The third kappa shape index (κ3) is 3.15. The standard InChI is InChI=1S/C8H17N3O3S/c1-11(6-8(9)10)15(12,13)7-2-4-14-5-3-7/h7H,2-6H2,1H3,(H3,9,10). The van der Waals surface area contributed by atoms with Gasteiger partial charge in [-0.05, 0) is 12.8 Å². The van der Waals surface area contributed by atoms with Crippen molar-refractivity contribution in [2.45, 2.75) is 18.1 Å². The zero-order valence-corrected chi connectivity index (χ0v) is 9.59. The summed E-state index contributed by atoms with van der Waals surface area (Å²) in [6.07, 6.45) is 1.04. The van der Waals surface area contributed by atoms with Gasteiger partial charge in [-0.25, -0.2) is 8.42 Å². The van der Waals surface area contributed by atoms with E-state index in [0.717, 1.165) is 4.31 Å². The number of nitrogens with zero attached hydrogens (tertiary/aromatic N) is 1. The van der Waals surface area contributed by atoms with Crippen molar-refractivity contribution in [3.8, 4) is 0 Å². The number of nitrogens with one attached hydrogen (secondary N) is 1. The molecule has 0 spiro atoms. The molecular formula is C8H17N3O3S. The Morgan fingerprint density at radius 1 is 1.53 bits per heavy atom. The summed E-state index contributed by atoms with van der Waals surface area (Å²) in [4.78, 5) is 0. The number of amidine groups is 1. The molecule has 0 atom stereocenters. The molecule has 7 heteroatoms. The average molecular weight is 235 g/mol. The monoisotopic (exact) mass is 235 g/mol. The first-order valence-corrected chi connectivity index (χ1v) is 6.30. The van der Waals surface area contributed by atoms with Gasteiger partial charge in [-0.1, -0.05) is 0 Å². The number of ether oxygens (including phenoxy) is 1. The highest BCUT2D eigenvalue weighted by Gasteiger charge is 2.31. The van der Waals surface area contributed by atoms with E-state index in [0.29, 0.717) is 26.1 Å². The highest BCUT2D eigenvalue weighted by atomic mass is 32.2. The number of hydrogen-bond acceptors (Lipinski definition) is 4. The normalized spacial score (nSPS) is 19.3. The zero-order valence-electron chi connectivity index (χ0n) is 8.77. The Labute approximate surface area is 89.9 Å². The molecule has 0 aliphatic carbocycles. The molecule has 6 nitrogen and oxygen atoms in total. The second kappa shape index (κ2) is 4.91. The molecule has 15 heavy (non-hydrogen) atoms. The molecule has 1 aliphatic heterocycles. The van der Waals surface area contributed by atoms with Gasteiger partial charge in [0.15, 0.2) is 0 Å². The van der Waals surface area contributed by atoms with E-state index in [1.165, 1.54) is 7.05 Å². The lowest BCUT2D eigenvalue weighted by molar-refractivity contribution is 0.0975. The van der Waals surface area contributed by atoms with Gasteiger partial charge in [-0.2, -0.15) is 4.31 Å². The molecule has 1 heterocycles. The maximum absolute atomic E-state index is 11.9. The smallest absolute Gasteiger partial charge is 0.217 e. The molecule has 0 aromatic rings. The van der Waals surface area contributed by atoms with E-state index in [1.807, 2.05) is 0 Å². The molecule has 0 amide bonds. The molecular weight excluding hydrogens is 218 g/mol. The Hall–Kier alpha value is -0.660. The summed E-state index contributed by atoms with van der Waals surface area (Å²) < 4.78 is 30.1. The highest BCUT2D eigenvalue weighted by molar-refractivity contribution is 7.89. The Bertz CT molecular complexity index is 322. The van der Waals surface area contributed by atoms with Gasteiger partial charge in [-0.15, -0.1) is 0 Å². The third-order valence-electron chi connectivity index (χ3n) is 2.42. The molecule has 0 bridgehead atoms. The van der Waals surface area contributed by atoms with E-state index in [4.69, 9.17) is 15.9 Å². The fourth-order valence-electron chi connectivity index (χ4n) is 1.56. The molecule has 0 aromatic heterocycles. The topological polar surface area (TPSA) is 96.5 Å². The molecule has 0 radical (unpaired) electrons. The Morgan fingerprint density at radius 2 is 2.07 bits per heavy atom. The van der Waals surface area contributed by atoms with Crippen molar-refractivity contribution >= 4 is 15.9 Å². The van der Waals surface area contributed by atoms with Crippen LogP contribution in [0.2, 0.25) is 0 Å². The van der Waals surface area contributed by atoms with Gasteiger partial charge in [0.05, 0.1) is 11.8 Å². The lowest BCUT2D eigenvalue weighted by atomic mass is 10.2. The first-order valence-electron chi connectivity index (χ1n) is 4.80. The van der Waals surface area contributed by atoms with Crippen LogP contribution >= 0.6 is 0 Å². The van der Waals surface area contributed by atoms with Crippen LogP contribution in [0.15, 0.2) is 0 Å². The molecule has 0 saturated carbocycles. The van der Waals surface area contributed by atoms with Crippen LogP contribution in [0.1, 0.15) is 12.8 Å². The van der Waals surface area contributed by atoms with Crippen molar-refractivity contribution in [1.82, 2.24) is 4.31 Å². The van der Waals surface area contributed by atoms with Crippen molar-refractivity contribution in [3.63, 3.8) is 0 Å². The average Bonchev–Trinajstić information content (AvgIpc) is 2.18. The lowest BCUT2D eigenvalue weighted by Crippen LogP contribution is -2.42. The van der Waals surface area contributed by atoms with Gasteiger partial charge < -0.3 is 10.5 Å². The van der Waals surface area contributed by atoms with E-state index in [2.05, 4.69) is 0 Å².